The summed E-state index contributed by atoms with van der Waals surface area (Å²) in [5, 5.41) is 3.20. The third-order valence-electron chi connectivity index (χ3n) is 4.80. The van der Waals surface area contributed by atoms with Gasteiger partial charge in [-0.05, 0) is 48.7 Å². The second-order valence-corrected chi connectivity index (χ2v) is 8.88. The van der Waals surface area contributed by atoms with Crippen molar-refractivity contribution in [3.8, 4) is 0 Å². The smallest absolute Gasteiger partial charge is 0.254 e. The zero-order chi connectivity index (χ0) is 19.3. The van der Waals surface area contributed by atoms with Crippen molar-refractivity contribution in [3.05, 3.63) is 87.9 Å². The van der Waals surface area contributed by atoms with E-state index in [0.717, 1.165) is 39.9 Å². The van der Waals surface area contributed by atoms with Crippen LogP contribution in [0, 0.1) is 6.92 Å². The molecule has 0 atom stereocenters. The summed E-state index contributed by atoms with van der Waals surface area (Å²) < 4.78 is 0. The highest BCUT2D eigenvalue weighted by Crippen LogP contribution is 2.26. The monoisotopic (exact) mass is 406 g/mol. The summed E-state index contributed by atoms with van der Waals surface area (Å²) in [6.45, 7) is 3.46. The third-order valence-corrected chi connectivity index (χ3v) is 6.66. The summed E-state index contributed by atoms with van der Waals surface area (Å²) in [7, 11) is 0. The van der Waals surface area contributed by atoms with Gasteiger partial charge in [-0.25, -0.2) is 4.98 Å². The van der Waals surface area contributed by atoms with Gasteiger partial charge < -0.3 is 4.90 Å². The highest BCUT2D eigenvalue weighted by atomic mass is 32.2. The van der Waals surface area contributed by atoms with Crippen LogP contribution in [0.1, 0.15) is 33.0 Å². The van der Waals surface area contributed by atoms with Gasteiger partial charge in [-0.2, -0.15) is 0 Å². The maximum atomic E-state index is 12.8. The Labute approximate surface area is 174 Å². The van der Waals surface area contributed by atoms with E-state index >= 15 is 0 Å². The summed E-state index contributed by atoms with van der Waals surface area (Å²) in [4.78, 5) is 20.4. The molecule has 0 fully saturated rings. The maximum absolute atomic E-state index is 12.8. The Morgan fingerprint density at radius 3 is 2.57 bits per heavy atom. The van der Waals surface area contributed by atoms with E-state index in [1.807, 2.05) is 42.2 Å². The van der Waals surface area contributed by atoms with Crippen LogP contribution < -0.4 is 0 Å². The van der Waals surface area contributed by atoms with Gasteiger partial charge in [0, 0.05) is 34.7 Å². The van der Waals surface area contributed by atoms with Crippen LogP contribution in [0.4, 0.5) is 0 Å². The molecular formula is C23H22N2OS2. The van der Waals surface area contributed by atoms with Crippen LogP contribution in [0.2, 0.25) is 0 Å². The number of nitrogens with zero attached hydrogens (tertiary/aromatic N) is 2. The number of aryl methyl sites for hydroxylation is 1. The summed E-state index contributed by atoms with van der Waals surface area (Å²) in [5.74, 6) is 0.964. The van der Waals surface area contributed by atoms with Gasteiger partial charge in [0.2, 0.25) is 0 Å². The van der Waals surface area contributed by atoms with Crippen molar-refractivity contribution in [1.82, 2.24) is 9.88 Å². The fraction of sp³-hybridized carbons (Fsp3) is 0.217. The molecule has 0 saturated carbocycles. The quantitative estimate of drug-likeness (QED) is 0.512. The van der Waals surface area contributed by atoms with E-state index in [4.69, 9.17) is 0 Å². The predicted octanol–water partition coefficient (Wildman–Crippen LogP) is 5.67. The molecule has 28 heavy (non-hydrogen) atoms. The van der Waals surface area contributed by atoms with Crippen LogP contribution in [-0.2, 0) is 5.75 Å². The third kappa shape index (κ3) is 4.54. The minimum atomic E-state index is 0.107. The van der Waals surface area contributed by atoms with E-state index in [9.17, 15) is 4.79 Å². The Bertz CT molecular complexity index is 977. The van der Waals surface area contributed by atoms with E-state index < -0.39 is 0 Å². The standard InChI is InChI=1S/C23H22N2OS2/c1-17-24-21(15-27-17)16-28-22-9-7-20(8-10-22)23(26)25-13-11-19(12-14-25)18-5-3-2-4-6-18/h2-11,15H,12-14,16H2,1H3. The predicted molar refractivity (Wildman–Crippen MR) is 118 cm³/mol. The molecule has 5 heteroatoms. The van der Waals surface area contributed by atoms with Crippen molar-refractivity contribution >= 4 is 34.6 Å². The number of thioether (sulfide) groups is 1. The number of rotatable bonds is 5. The normalized spacial score (nSPS) is 14.0. The van der Waals surface area contributed by atoms with Crippen LogP contribution in [0.3, 0.4) is 0 Å². The first-order valence-electron chi connectivity index (χ1n) is 9.36. The topological polar surface area (TPSA) is 33.2 Å². The number of hydrogen-bond donors (Lipinski definition) is 0. The lowest BCUT2D eigenvalue weighted by Crippen LogP contribution is -2.34. The van der Waals surface area contributed by atoms with Gasteiger partial charge in [0.05, 0.1) is 10.7 Å². The van der Waals surface area contributed by atoms with E-state index in [2.05, 4.69) is 40.7 Å². The van der Waals surface area contributed by atoms with Crippen LogP contribution in [0.15, 0.2) is 70.9 Å². The molecule has 0 radical (unpaired) electrons. The molecule has 0 spiro atoms. The lowest BCUT2D eigenvalue weighted by atomic mass is 9.99. The number of thiazole rings is 1. The first kappa shape index (κ1) is 19.0. The zero-order valence-corrected chi connectivity index (χ0v) is 17.4. The zero-order valence-electron chi connectivity index (χ0n) is 15.8. The Morgan fingerprint density at radius 1 is 1.14 bits per heavy atom. The Kier molecular flexibility index (Phi) is 5.93. The first-order valence-corrected chi connectivity index (χ1v) is 11.2. The summed E-state index contributed by atoms with van der Waals surface area (Å²) in [5.41, 5.74) is 4.45. The first-order chi connectivity index (χ1) is 13.7. The molecule has 142 valence electrons. The number of hydrogen-bond acceptors (Lipinski definition) is 4. The summed E-state index contributed by atoms with van der Waals surface area (Å²) in [6, 6.07) is 18.4. The van der Waals surface area contributed by atoms with Gasteiger partial charge in [0.25, 0.3) is 5.91 Å². The minimum Gasteiger partial charge on any atom is -0.335 e. The summed E-state index contributed by atoms with van der Waals surface area (Å²) in [6.07, 6.45) is 3.08. The molecule has 3 aromatic rings. The van der Waals surface area contributed by atoms with Crippen molar-refractivity contribution in [2.24, 2.45) is 0 Å². The van der Waals surface area contributed by atoms with Crippen molar-refractivity contribution in [3.63, 3.8) is 0 Å². The average Bonchev–Trinajstić information content (AvgIpc) is 3.18. The minimum absolute atomic E-state index is 0.107. The van der Waals surface area contributed by atoms with Gasteiger partial charge in [-0.1, -0.05) is 36.4 Å². The molecular weight excluding hydrogens is 384 g/mol. The molecule has 0 bridgehead atoms. The van der Waals surface area contributed by atoms with Gasteiger partial charge in [-0.15, -0.1) is 23.1 Å². The van der Waals surface area contributed by atoms with Crippen LogP contribution in [0.5, 0.6) is 0 Å². The maximum Gasteiger partial charge on any atom is 0.254 e. The van der Waals surface area contributed by atoms with Crippen LogP contribution >= 0.6 is 23.1 Å². The molecule has 1 aliphatic heterocycles. The second-order valence-electron chi connectivity index (χ2n) is 6.77. The number of amides is 1. The number of benzene rings is 2. The molecule has 0 N–H and O–H groups in total. The van der Waals surface area contributed by atoms with Crippen molar-refractivity contribution < 1.29 is 4.79 Å². The highest BCUT2D eigenvalue weighted by Gasteiger charge is 2.19. The number of carbonyl (C=O) groups excluding carboxylic acids is 1. The highest BCUT2D eigenvalue weighted by molar-refractivity contribution is 7.98. The van der Waals surface area contributed by atoms with E-state index in [0.29, 0.717) is 6.54 Å². The Hall–Kier alpha value is -2.37. The van der Waals surface area contributed by atoms with E-state index in [1.54, 1.807) is 23.1 Å². The van der Waals surface area contributed by atoms with Crippen molar-refractivity contribution in [2.45, 2.75) is 24.0 Å². The lowest BCUT2D eigenvalue weighted by molar-refractivity contribution is 0.0773. The van der Waals surface area contributed by atoms with Gasteiger partial charge in [-0.3, -0.25) is 4.79 Å². The van der Waals surface area contributed by atoms with Gasteiger partial charge >= 0.3 is 0 Å². The molecule has 1 amide bonds. The van der Waals surface area contributed by atoms with Crippen LogP contribution in [-0.4, -0.2) is 28.9 Å². The van der Waals surface area contributed by atoms with Crippen molar-refractivity contribution in [1.29, 1.82) is 0 Å². The lowest BCUT2D eigenvalue weighted by Gasteiger charge is -2.27. The molecule has 0 saturated heterocycles. The fourth-order valence-corrected chi connectivity index (χ4v) is 4.79. The molecule has 2 heterocycles. The number of carbonyl (C=O) groups is 1. The van der Waals surface area contributed by atoms with Crippen molar-refractivity contribution in [2.75, 3.05) is 13.1 Å². The van der Waals surface area contributed by atoms with E-state index in [-0.39, 0.29) is 5.91 Å². The van der Waals surface area contributed by atoms with Gasteiger partial charge in [0.15, 0.2) is 0 Å². The Morgan fingerprint density at radius 2 is 1.93 bits per heavy atom. The molecule has 3 nitrogen and oxygen atoms in total. The van der Waals surface area contributed by atoms with E-state index in [1.165, 1.54) is 11.1 Å². The average molecular weight is 407 g/mol. The molecule has 2 aromatic carbocycles. The number of aromatic nitrogens is 1. The molecule has 0 aliphatic carbocycles. The fourth-order valence-electron chi connectivity index (χ4n) is 3.28. The van der Waals surface area contributed by atoms with Gasteiger partial charge in [0.1, 0.15) is 0 Å². The summed E-state index contributed by atoms with van der Waals surface area (Å²) >= 11 is 3.43. The molecule has 0 unspecified atom stereocenters. The second kappa shape index (κ2) is 8.76. The molecule has 1 aliphatic rings. The molecule has 1 aromatic heterocycles. The largest absolute Gasteiger partial charge is 0.335 e. The van der Waals surface area contributed by atoms with Crippen LogP contribution in [0.25, 0.3) is 5.57 Å². The molecule has 4 rings (SSSR count). The Balaban J connectivity index is 1.35. The SMILES string of the molecule is Cc1nc(CSc2ccc(C(=O)N3CC=C(c4ccccc4)CC3)cc2)cs1.